The van der Waals surface area contributed by atoms with Gasteiger partial charge in [-0.3, -0.25) is 4.90 Å². The summed E-state index contributed by atoms with van der Waals surface area (Å²) in [5, 5.41) is 3.72. The number of nitrogens with zero attached hydrogens (tertiary/aromatic N) is 1. The van der Waals surface area contributed by atoms with E-state index in [-0.39, 0.29) is 0 Å². The van der Waals surface area contributed by atoms with E-state index in [0.717, 1.165) is 23.9 Å². The predicted molar refractivity (Wildman–Crippen MR) is 62.9 cm³/mol. The Hall–Kier alpha value is -0.0800. The van der Waals surface area contributed by atoms with Crippen LogP contribution in [0.1, 0.15) is 39.0 Å². The number of piperazine rings is 1. The third-order valence-electron chi connectivity index (χ3n) is 4.44. The summed E-state index contributed by atoms with van der Waals surface area (Å²) < 4.78 is 0. The van der Waals surface area contributed by atoms with E-state index in [1.54, 1.807) is 0 Å². The monoisotopic (exact) mass is 208 g/mol. The maximum Gasteiger partial charge on any atom is 0.0224 e. The summed E-state index contributed by atoms with van der Waals surface area (Å²) in [5.41, 5.74) is 0. The molecular weight excluding hydrogens is 184 g/mol. The van der Waals surface area contributed by atoms with Gasteiger partial charge in [0.25, 0.3) is 0 Å². The van der Waals surface area contributed by atoms with Crippen molar-refractivity contribution in [2.45, 2.75) is 51.1 Å². The third kappa shape index (κ3) is 2.54. The molecule has 1 aliphatic heterocycles. The molecule has 3 rings (SSSR count). The van der Waals surface area contributed by atoms with Crippen LogP contribution < -0.4 is 5.32 Å². The van der Waals surface area contributed by atoms with E-state index in [2.05, 4.69) is 17.1 Å². The first-order chi connectivity index (χ1) is 7.33. The van der Waals surface area contributed by atoms with Crippen LogP contribution in [0.4, 0.5) is 0 Å². The van der Waals surface area contributed by atoms with Crippen molar-refractivity contribution in [1.29, 1.82) is 0 Å². The molecule has 1 heterocycles. The first kappa shape index (κ1) is 10.1. The summed E-state index contributed by atoms with van der Waals surface area (Å²) in [6.07, 6.45) is 7.42. The molecule has 0 radical (unpaired) electrons. The summed E-state index contributed by atoms with van der Waals surface area (Å²) in [6.45, 7) is 6.27. The quantitative estimate of drug-likeness (QED) is 0.758. The lowest BCUT2D eigenvalue weighted by Crippen LogP contribution is -2.56. The Morgan fingerprint density at radius 3 is 2.67 bits per heavy atom. The first-order valence-electron chi connectivity index (χ1n) is 6.80. The lowest BCUT2D eigenvalue weighted by molar-refractivity contribution is 0.129. The van der Waals surface area contributed by atoms with E-state index < -0.39 is 0 Å². The average molecular weight is 208 g/mol. The smallest absolute Gasteiger partial charge is 0.0224 e. The minimum atomic E-state index is 0.763. The van der Waals surface area contributed by atoms with Gasteiger partial charge in [0.15, 0.2) is 0 Å². The Balaban J connectivity index is 1.49. The zero-order chi connectivity index (χ0) is 10.3. The fourth-order valence-electron chi connectivity index (χ4n) is 2.83. The Bertz CT molecular complexity index is 221. The second-order valence-electron chi connectivity index (χ2n) is 5.93. The lowest BCUT2D eigenvalue weighted by atomic mass is 10.1. The molecule has 0 aromatic rings. The van der Waals surface area contributed by atoms with Crippen LogP contribution in [0.15, 0.2) is 0 Å². The molecule has 2 atom stereocenters. The van der Waals surface area contributed by atoms with E-state index in [1.807, 2.05) is 0 Å². The van der Waals surface area contributed by atoms with Crippen molar-refractivity contribution in [1.82, 2.24) is 10.2 Å². The molecular formula is C13H24N2. The van der Waals surface area contributed by atoms with Crippen LogP contribution >= 0.6 is 0 Å². The van der Waals surface area contributed by atoms with E-state index in [4.69, 9.17) is 0 Å². The van der Waals surface area contributed by atoms with Crippen LogP contribution in [-0.4, -0.2) is 36.6 Å². The van der Waals surface area contributed by atoms with E-state index in [9.17, 15) is 0 Å². The minimum Gasteiger partial charge on any atom is -0.311 e. The highest BCUT2D eigenvalue weighted by Crippen LogP contribution is 2.35. The SMILES string of the molecule is CC1CNC(C2CC2)CN1CCC1CC1. The van der Waals surface area contributed by atoms with E-state index >= 15 is 0 Å². The van der Waals surface area contributed by atoms with Gasteiger partial charge in [-0.25, -0.2) is 0 Å². The molecule has 2 aliphatic carbocycles. The van der Waals surface area contributed by atoms with Gasteiger partial charge in [-0.05, 0) is 44.6 Å². The molecule has 0 bridgehead atoms. The van der Waals surface area contributed by atoms with Crippen LogP contribution in [0.2, 0.25) is 0 Å². The number of hydrogen-bond donors (Lipinski definition) is 1. The van der Waals surface area contributed by atoms with Crippen molar-refractivity contribution in [3.8, 4) is 0 Å². The number of rotatable bonds is 4. The Kier molecular flexibility index (Phi) is 2.73. The van der Waals surface area contributed by atoms with Crippen molar-refractivity contribution >= 4 is 0 Å². The number of hydrogen-bond acceptors (Lipinski definition) is 2. The summed E-state index contributed by atoms with van der Waals surface area (Å²) in [4.78, 5) is 2.73. The highest BCUT2D eigenvalue weighted by Gasteiger charge is 2.36. The highest BCUT2D eigenvalue weighted by atomic mass is 15.2. The zero-order valence-electron chi connectivity index (χ0n) is 9.91. The third-order valence-corrected chi connectivity index (χ3v) is 4.44. The van der Waals surface area contributed by atoms with Gasteiger partial charge < -0.3 is 5.32 Å². The van der Waals surface area contributed by atoms with Crippen molar-refractivity contribution in [2.75, 3.05) is 19.6 Å². The molecule has 86 valence electrons. The van der Waals surface area contributed by atoms with E-state index in [1.165, 1.54) is 51.7 Å². The standard InChI is InChI=1S/C13H24N2/c1-10-8-14-13(12-4-5-12)9-15(10)7-6-11-2-3-11/h10-14H,2-9H2,1H3. The maximum atomic E-state index is 3.72. The molecule has 3 fully saturated rings. The van der Waals surface area contributed by atoms with Crippen molar-refractivity contribution in [3.63, 3.8) is 0 Å². The first-order valence-corrected chi connectivity index (χ1v) is 6.80. The molecule has 2 heteroatoms. The largest absolute Gasteiger partial charge is 0.311 e. The van der Waals surface area contributed by atoms with Gasteiger partial charge in [-0.2, -0.15) is 0 Å². The van der Waals surface area contributed by atoms with Gasteiger partial charge >= 0.3 is 0 Å². The fraction of sp³-hybridized carbons (Fsp3) is 1.00. The van der Waals surface area contributed by atoms with Gasteiger partial charge in [-0.1, -0.05) is 12.8 Å². The second kappa shape index (κ2) is 4.06. The maximum absolute atomic E-state index is 3.72. The molecule has 1 saturated heterocycles. The summed E-state index contributed by atoms with van der Waals surface area (Å²) in [6, 6.07) is 1.58. The van der Waals surface area contributed by atoms with E-state index in [0.29, 0.717) is 0 Å². The molecule has 3 aliphatic rings. The second-order valence-corrected chi connectivity index (χ2v) is 5.93. The van der Waals surface area contributed by atoms with Crippen molar-refractivity contribution < 1.29 is 0 Å². The zero-order valence-corrected chi connectivity index (χ0v) is 9.91. The number of nitrogens with one attached hydrogen (secondary N) is 1. The van der Waals surface area contributed by atoms with Gasteiger partial charge in [0.05, 0.1) is 0 Å². The normalized spacial score (nSPS) is 38.2. The molecule has 2 nitrogen and oxygen atoms in total. The molecule has 2 unspecified atom stereocenters. The highest BCUT2D eigenvalue weighted by molar-refractivity contribution is 4.93. The van der Waals surface area contributed by atoms with Crippen molar-refractivity contribution in [2.24, 2.45) is 11.8 Å². The lowest BCUT2D eigenvalue weighted by Gasteiger charge is -2.39. The van der Waals surface area contributed by atoms with Crippen LogP contribution in [0.25, 0.3) is 0 Å². The Labute approximate surface area is 93.4 Å². The van der Waals surface area contributed by atoms with Gasteiger partial charge in [0.1, 0.15) is 0 Å². The molecule has 0 amide bonds. The Morgan fingerprint density at radius 2 is 2.00 bits per heavy atom. The van der Waals surface area contributed by atoms with Crippen LogP contribution in [0, 0.1) is 11.8 Å². The fourth-order valence-corrected chi connectivity index (χ4v) is 2.83. The summed E-state index contributed by atoms with van der Waals surface area (Å²) in [5.74, 6) is 2.10. The molecule has 0 aromatic carbocycles. The van der Waals surface area contributed by atoms with Crippen LogP contribution in [-0.2, 0) is 0 Å². The van der Waals surface area contributed by atoms with Gasteiger partial charge in [0, 0.05) is 25.2 Å². The molecule has 15 heavy (non-hydrogen) atoms. The summed E-state index contributed by atoms with van der Waals surface area (Å²) in [7, 11) is 0. The minimum absolute atomic E-state index is 0.763. The molecule has 2 saturated carbocycles. The predicted octanol–water partition coefficient (Wildman–Crippen LogP) is 1.86. The summed E-state index contributed by atoms with van der Waals surface area (Å²) >= 11 is 0. The molecule has 1 N–H and O–H groups in total. The van der Waals surface area contributed by atoms with Crippen molar-refractivity contribution in [3.05, 3.63) is 0 Å². The molecule has 0 aromatic heterocycles. The molecule has 0 spiro atoms. The van der Waals surface area contributed by atoms with Crippen LogP contribution in [0.5, 0.6) is 0 Å². The average Bonchev–Trinajstić information content (AvgIpc) is 3.10. The van der Waals surface area contributed by atoms with Crippen LogP contribution in [0.3, 0.4) is 0 Å². The Morgan fingerprint density at radius 1 is 1.20 bits per heavy atom. The topological polar surface area (TPSA) is 15.3 Å². The van der Waals surface area contributed by atoms with Gasteiger partial charge in [0.2, 0.25) is 0 Å². The van der Waals surface area contributed by atoms with Gasteiger partial charge in [-0.15, -0.1) is 0 Å².